The van der Waals surface area contributed by atoms with Gasteiger partial charge in [-0.15, -0.1) is 0 Å². The predicted molar refractivity (Wildman–Crippen MR) is 89.9 cm³/mol. The number of halogens is 1. The first-order chi connectivity index (χ1) is 12.8. The highest BCUT2D eigenvalue weighted by atomic mass is 32.2. The number of carbonyl (C=O) groups excluding carboxylic acids is 3. The van der Waals surface area contributed by atoms with Gasteiger partial charge in [0.05, 0.1) is 23.5 Å². The Morgan fingerprint density at radius 3 is 2.33 bits per heavy atom. The Bertz CT molecular complexity index is 910. The van der Waals surface area contributed by atoms with Crippen molar-refractivity contribution in [1.82, 2.24) is 16.2 Å². The number of hydrogen-bond acceptors (Lipinski definition) is 6. The van der Waals surface area contributed by atoms with Gasteiger partial charge in [-0.2, -0.15) is 0 Å². The van der Waals surface area contributed by atoms with Crippen LogP contribution < -0.4 is 16.2 Å². The molecular formula is C16H16FN3O6S. The van der Waals surface area contributed by atoms with Crippen LogP contribution in [0.2, 0.25) is 0 Å². The Balaban J connectivity index is 1.74. The van der Waals surface area contributed by atoms with Gasteiger partial charge in [-0.1, -0.05) is 0 Å². The first kappa shape index (κ1) is 20.1. The van der Waals surface area contributed by atoms with Gasteiger partial charge in [0, 0.05) is 6.42 Å². The van der Waals surface area contributed by atoms with E-state index in [-0.39, 0.29) is 11.4 Å². The highest BCUT2D eigenvalue weighted by Gasteiger charge is 2.18. The molecule has 0 radical (unpaired) electrons. The topological polar surface area (TPSA) is 135 Å². The van der Waals surface area contributed by atoms with E-state index in [4.69, 9.17) is 4.42 Å². The number of nitrogens with one attached hydrogen (secondary N) is 3. The normalized spacial score (nSPS) is 10.9. The molecule has 0 saturated carbocycles. The second-order valence-corrected chi connectivity index (χ2v) is 7.40. The van der Waals surface area contributed by atoms with Gasteiger partial charge in [-0.25, -0.2) is 12.8 Å². The number of benzene rings is 1. The molecule has 0 bridgehead atoms. The summed E-state index contributed by atoms with van der Waals surface area (Å²) in [5.74, 6) is -3.65. The maximum absolute atomic E-state index is 12.8. The molecule has 0 spiro atoms. The summed E-state index contributed by atoms with van der Waals surface area (Å²) in [5, 5.41) is 2.27. The van der Waals surface area contributed by atoms with Crippen molar-refractivity contribution in [3.8, 4) is 0 Å². The van der Waals surface area contributed by atoms with Crippen molar-refractivity contribution < 1.29 is 31.6 Å². The smallest absolute Gasteiger partial charge is 0.327 e. The number of hydrazine groups is 1. The van der Waals surface area contributed by atoms with Crippen molar-refractivity contribution >= 4 is 27.6 Å². The van der Waals surface area contributed by atoms with Crippen LogP contribution >= 0.6 is 0 Å². The van der Waals surface area contributed by atoms with E-state index in [9.17, 15) is 27.2 Å². The molecule has 0 aliphatic rings. The average Bonchev–Trinajstić information content (AvgIpc) is 3.16. The molecular weight excluding hydrogens is 381 g/mol. The van der Waals surface area contributed by atoms with Gasteiger partial charge in [-0.05, 0) is 36.4 Å². The largest absolute Gasteiger partial charge is 0.467 e. The van der Waals surface area contributed by atoms with Crippen molar-refractivity contribution in [2.45, 2.75) is 17.9 Å². The van der Waals surface area contributed by atoms with Crippen LogP contribution in [0.25, 0.3) is 0 Å². The third-order valence-electron chi connectivity index (χ3n) is 3.30. The Labute approximate surface area is 153 Å². The number of furan rings is 1. The van der Waals surface area contributed by atoms with Crippen LogP contribution in [0.15, 0.2) is 52.0 Å². The summed E-state index contributed by atoms with van der Waals surface area (Å²) in [6.07, 6.45) is 0.940. The minimum atomic E-state index is -3.79. The van der Waals surface area contributed by atoms with E-state index in [0.29, 0.717) is 5.76 Å². The zero-order valence-corrected chi connectivity index (χ0v) is 14.7. The summed E-state index contributed by atoms with van der Waals surface area (Å²) in [7, 11) is -3.79. The lowest BCUT2D eigenvalue weighted by molar-refractivity contribution is -0.141. The fourth-order valence-corrected chi connectivity index (χ4v) is 3.13. The van der Waals surface area contributed by atoms with Crippen LogP contribution in [0.1, 0.15) is 12.2 Å². The standard InChI is InChI=1S/C16H16FN3O6S/c17-11-3-5-13(6-4-11)27(24,25)9-7-14(21)19-20-16(23)15(22)18-10-12-2-1-8-26-12/h1-6,8H,7,9-10H2,(H,18,22)(H,19,21)(H,20,23). The van der Waals surface area contributed by atoms with E-state index < -0.39 is 45.5 Å². The maximum Gasteiger partial charge on any atom is 0.327 e. The maximum atomic E-state index is 12.8. The van der Waals surface area contributed by atoms with E-state index in [2.05, 4.69) is 5.32 Å². The molecule has 1 aromatic carbocycles. The van der Waals surface area contributed by atoms with Crippen LogP contribution in [0.5, 0.6) is 0 Å². The van der Waals surface area contributed by atoms with Gasteiger partial charge >= 0.3 is 11.8 Å². The average molecular weight is 397 g/mol. The lowest BCUT2D eigenvalue weighted by Gasteiger charge is -2.08. The van der Waals surface area contributed by atoms with Crippen LogP contribution in [-0.2, 0) is 30.8 Å². The molecule has 3 N–H and O–H groups in total. The van der Waals surface area contributed by atoms with Gasteiger partial charge in [0.15, 0.2) is 9.84 Å². The van der Waals surface area contributed by atoms with Crippen LogP contribution in [0.4, 0.5) is 4.39 Å². The number of hydrogen-bond donors (Lipinski definition) is 3. The molecule has 27 heavy (non-hydrogen) atoms. The molecule has 9 nitrogen and oxygen atoms in total. The molecule has 2 aromatic rings. The van der Waals surface area contributed by atoms with Crippen molar-refractivity contribution in [3.63, 3.8) is 0 Å². The molecule has 0 aliphatic carbocycles. The summed E-state index contributed by atoms with van der Waals surface area (Å²) in [5.41, 5.74) is 3.81. The molecule has 2 rings (SSSR count). The third-order valence-corrected chi connectivity index (χ3v) is 5.03. The minimum absolute atomic E-state index is 0.0108. The zero-order valence-electron chi connectivity index (χ0n) is 13.9. The lowest BCUT2D eigenvalue weighted by Crippen LogP contribution is -2.48. The van der Waals surface area contributed by atoms with Crippen molar-refractivity contribution in [2.75, 3.05) is 5.75 Å². The molecule has 0 unspecified atom stereocenters. The van der Waals surface area contributed by atoms with E-state index in [1.54, 1.807) is 12.1 Å². The van der Waals surface area contributed by atoms with Gasteiger partial charge < -0.3 is 9.73 Å². The molecule has 144 valence electrons. The van der Waals surface area contributed by atoms with Gasteiger partial charge in [0.2, 0.25) is 5.91 Å². The van der Waals surface area contributed by atoms with Crippen LogP contribution in [0.3, 0.4) is 0 Å². The van der Waals surface area contributed by atoms with E-state index in [0.717, 1.165) is 24.3 Å². The second kappa shape index (κ2) is 8.94. The molecule has 1 heterocycles. The number of amides is 3. The van der Waals surface area contributed by atoms with Gasteiger partial charge in [-0.3, -0.25) is 25.2 Å². The summed E-state index contributed by atoms with van der Waals surface area (Å²) < 4.78 is 41.9. The minimum Gasteiger partial charge on any atom is -0.467 e. The molecule has 11 heteroatoms. The first-order valence-electron chi connectivity index (χ1n) is 7.65. The molecule has 1 aromatic heterocycles. The Morgan fingerprint density at radius 1 is 1.00 bits per heavy atom. The molecule has 0 fully saturated rings. The summed E-state index contributed by atoms with van der Waals surface area (Å²) in [6.45, 7) is -0.0108. The molecule has 0 saturated heterocycles. The first-order valence-corrected chi connectivity index (χ1v) is 9.31. The highest BCUT2D eigenvalue weighted by Crippen LogP contribution is 2.12. The Hall–Kier alpha value is -3.21. The fourth-order valence-electron chi connectivity index (χ4n) is 1.89. The SMILES string of the molecule is O=C(CCS(=O)(=O)c1ccc(F)cc1)NNC(=O)C(=O)NCc1ccco1. The highest BCUT2D eigenvalue weighted by molar-refractivity contribution is 7.91. The quantitative estimate of drug-likeness (QED) is 0.358. The summed E-state index contributed by atoms with van der Waals surface area (Å²) in [4.78, 5) is 34.6. The van der Waals surface area contributed by atoms with Crippen molar-refractivity contribution in [2.24, 2.45) is 0 Å². The van der Waals surface area contributed by atoms with E-state index in [1.165, 1.54) is 6.26 Å². The molecule has 0 aliphatic heterocycles. The van der Waals surface area contributed by atoms with E-state index >= 15 is 0 Å². The summed E-state index contributed by atoms with van der Waals surface area (Å²) in [6, 6.07) is 7.38. The second-order valence-electron chi connectivity index (χ2n) is 5.29. The monoisotopic (exact) mass is 397 g/mol. The third kappa shape index (κ3) is 6.22. The zero-order chi connectivity index (χ0) is 19.9. The lowest BCUT2D eigenvalue weighted by atomic mass is 10.4. The van der Waals surface area contributed by atoms with Gasteiger partial charge in [0.25, 0.3) is 0 Å². The van der Waals surface area contributed by atoms with Gasteiger partial charge in [0.1, 0.15) is 11.6 Å². The molecule has 3 amide bonds. The number of rotatable bonds is 6. The number of carbonyl (C=O) groups is 3. The Morgan fingerprint density at radius 2 is 1.70 bits per heavy atom. The fraction of sp³-hybridized carbons (Fsp3) is 0.188. The predicted octanol–water partition coefficient (Wildman–Crippen LogP) is 0.0463. The van der Waals surface area contributed by atoms with Crippen LogP contribution in [0, 0.1) is 5.82 Å². The van der Waals surface area contributed by atoms with Crippen molar-refractivity contribution in [3.05, 3.63) is 54.2 Å². The van der Waals surface area contributed by atoms with E-state index in [1.807, 2.05) is 10.9 Å². The number of sulfone groups is 1. The molecule has 0 atom stereocenters. The summed E-state index contributed by atoms with van der Waals surface area (Å²) >= 11 is 0. The van der Waals surface area contributed by atoms with Crippen LogP contribution in [-0.4, -0.2) is 31.9 Å². The Kier molecular flexibility index (Phi) is 6.66. The van der Waals surface area contributed by atoms with Crippen molar-refractivity contribution in [1.29, 1.82) is 0 Å².